The minimum Gasteiger partial charge on any atom is -0.508 e. The predicted molar refractivity (Wildman–Crippen MR) is 228 cm³/mol. The summed E-state index contributed by atoms with van der Waals surface area (Å²) in [7, 11) is 0. The average Bonchev–Trinajstić information content (AvgIpc) is 3.83. The Morgan fingerprint density at radius 3 is 2.39 bits per heavy atom. The van der Waals surface area contributed by atoms with Crippen LogP contribution in [0.5, 0.6) is 17.2 Å². The van der Waals surface area contributed by atoms with Crippen LogP contribution in [0.15, 0.2) is 64.2 Å². The Kier molecular flexibility index (Phi) is 9.92. The van der Waals surface area contributed by atoms with Crippen LogP contribution in [0.3, 0.4) is 0 Å². The van der Waals surface area contributed by atoms with Gasteiger partial charge in [0, 0.05) is 55.3 Å². The highest BCUT2D eigenvalue weighted by molar-refractivity contribution is 5.91. The molecule has 1 atom stereocenters. The predicted octanol–water partition coefficient (Wildman–Crippen LogP) is 5.69. The van der Waals surface area contributed by atoms with E-state index in [-0.39, 0.29) is 59.7 Å². The molecule has 3 aliphatic heterocycles. The summed E-state index contributed by atoms with van der Waals surface area (Å²) in [6.07, 6.45) is 0.0114. The van der Waals surface area contributed by atoms with Crippen molar-refractivity contribution in [1.29, 1.82) is 0 Å². The average molecular weight is 842 g/mol. The molecule has 3 aromatic heterocycles. The Balaban J connectivity index is 0.925. The van der Waals surface area contributed by atoms with Crippen molar-refractivity contribution in [2.75, 3.05) is 26.2 Å². The van der Waals surface area contributed by atoms with E-state index in [1.807, 2.05) is 39.8 Å². The van der Waals surface area contributed by atoms with Crippen molar-refractivity contribution < 1.29 is 34.4 Å². The van der Waals surface area contributed by atoms with Crippen LogP contribution in [-0.2, 0) is 46.0 Å². The molecule has 4 N–H and O–H groups in total. The second-order valence-corrected chi connectivity index (χ2v) is 16.5. The molecule has 6 aromatic rings. The van der Waals surface area contributed by atoms with Gasteiger partial charge in [-0.25, -0.2) is 29.0 Å². The van der Waals surface area contributed by atoms with Crippen molar-refractivity contribution in [2.24, 2.45) is 0 Å². The number of ether oxygens (including phenoxy) is 2. The number of piperazine rings is 1. The van der Waals surface area contributed by atoms with Crippen molar-refractivity contribution >= 4 is 23.0 Å². The Morgan fingerprint density at radius 2 is 1.69 bits per heavy atom. The maximum Gasteiger partial charge on any atom is 0.411 e. The number of esters is 1. The third kappa shape index (κ3) is 6.39. The number of aromatic amines is 1. The number of hydrogen-bond acceptors (Lipinski definition) is 12. The number of nitrogens with zero attached hydrogens (tertiary/aromatic N) is 6. The van der Waals surface area contributed by atoms with Gasteiger partial charge >= 0.3 is 17.8 Å². The van der Waals surface area contributed by atoms with Crippen molar-refractivity contribution in [3.05, 3.63) is 114 Å². The summed E-state index contributed by atoms with van der Waals surface area (Å²) in [5, 5.41) is 38.8. The normalized spacial score (nSPS) is 17.3. The summed E-state index contributed by atoms with van der Waals surface area (Å²) in [5.41, 5.74) is 4.74. The standard InChI is InChI=1S/C46H47N7O9/c1-6-29-31-18-28(54)12-13-35(31)47-39-33(29)22-52-40(39)25(5)38-34(42(52)57)23-61-43(58)46(38,7-2)62-45(60)51-16-14-50(15-17-51)21-26-8-10-27(11-9-26)53-41(48-49-44(53)59)32-19-30(24(3)4)36(55)20-37(32)56/h8-13,18-20,24,54-56H,6-7,14-17,21-23H2,1-5H3,(H,49,59). The Hall–Kier alpha value is -6.94. The number of carbonyl (C=O) groups excluding carboxylic acids is 2. The molecule has 1 unspecified atom stereocenters. The fourth-order valence-electron chi connectivity index (χ4n) is 9.45. The highest BCUT2D eigenvalue weighted by atomic mass is 16.6. The molecule has 320 valence electrons. The molecule has 1 amide bonds. The highest BCUT2D eigenvalue weighted by Gasteiger charge is 2.52. The number of amides is 1. The number of rotatable bonds is 8. The Morgan fingerprint density at radius 1 is 0.952 bits per heavy atom. The van der Waals surface area contributed by atoms with E-state index in [4.69, 9.17) is 14.5 Å². The summed E-state index contributed by atoms with van der Waals surface area (Å²) in [6, 6.07) is 15.3. The fourth-order valence-corrected chi connectivity index (χ4v) is 9.45. The van der Waals surface area contributed by atoms with Crippen LogP contribution in [-0.4, -0.2) is 87.7 Å². The number of phenols is 3. The van der Waals surface area contributed by atoms with E-state index in [9.17, 15) is 34.5 Å². The molecule has 0 spiro atoms. The summed E-state index contributed by atoms with van der Waals surface area (Å²) < 4.78 is 14.9. The van der Waals surface area contributed by atoms with Crippen molar-refractivity contribution in [3.8, 4) is 45.7 Å². The fraction of sp³-hybridized carbons (Fsp3) is 0.348. The molecule has 62 heavy (non-hydrogen) atoms. The quantitative estimate of drug-likeness (QED) is 0.136. The maximum absolute atomic E-state index is 14.3. The number of aromatic hydroxyl groups is 3. The summed E-state index contributed by atoms with van der Waals surface area (Å²) in [4.78, 5) is 63.8. The van der Waals surface area contributed by atoms with Gasteiger partial charge in [0.1, 0.15) is 23.9 Å². The number of hydrogen-bond donors (Lipinski definition) is 4. The molecule has 3 aliphatic rings. The smallest absolute Gasteiger partial charge is 0.411 e. The van der Waals surface area contributed by atoms with Gasteiger partial charge in [-0.15, -0.1) is 0 Å². The van der Waals surface area contributed by atoms with E-state index in [0.717, 1.165) is 22.1 Å². The van der Waals surface area contributed by atoms with Crippen LogP contribution in [0.4, 0.5) is 4.79 Å². The van der Waals surface area contributed by atoms with Gasteiger partial charge < -0.3 is 34.3 Å². The van der Waals surface area contributed by atoms with Crippen LogP contribution in [0, 0.1) is 6.92 Å². The first-order chi connectivity index (χ1) is 29.7. The number of pyridine rings is 2. The highest BCUT2D eigenvalue weighted by Crippen LogP contribution is 2.45. The van der Waals surface area contributed by atoms with Gasteiger partial charge in [0.15, 0.2) is 5.82 Å². The Labute approximate surface area is 355 Å². The molecule has 0 radical (unpaired) electrons. The summed E-state index contributed by atoms with van der Waals surface area (Å²) in [6.45, 7) is 11.7. The molecule has 1 saturated heterocycles. The van der Waals surface area contributed by atoms with Crippen molar-refractivity contribution in [2.45, 2.75) is 78.7 Å². The zero-order chi connectivity index (χ0) is 43.8. The van der Waals surface area contributed by atoms with Gasteiger partial charge in [0.2, 0.25) is 5.60 Å². The second-order valence-electron chi connectivity index (χ2n) is 16.5. The molecule has 3 aromatic carbocycles. The molecule has 9 rings (SSSR count). The van der Waals surface area contributed by atoms with Crippen LogP contribution >= 0.6 is 0 Å². The number of H-pyrrole nitrogens is 1. The van der Waals surface area contributed by atoms with E-state index in [1.165, 1.54) is 10.6 Å². The number of benzene rings is 3. The number of carbonyl (C=O) groups is 2. The lowest BCUT2D eigenvalue weighted by Gasteiger charge is -2.40. The zero-order valence-electron chi connectivity index (χ0n) is 35.1. The summed E-state index contributed by atoms with van der Waals surface area (Å²) in [5.74, 6) is -0.679. The van der Waals surface area contributed by atoms with Gasteiger partial charge in [0.25, 0.3) is 5.56 Å². The minimum atomic E-state index is -1.85. The van der Waals surface area contributed by atoms with Gasteiger partial charge in [-0.2, -0.15) is 5.10 Å². The number of nitrogens with one attached hydrogen (secondary N) is 1. The number of aromatic nitrogens is 5. The van der Waals surface area contributed by atoms with E-state index in [0.29, 0.717) is 84.0 Å². The first-order valence-corrected chi connectivity index (χ1v) is 20.9. The lowest BCUT2D eigenvalue weighted by molar-refractivity contribution is -0.174. The first-order valence-electron chi connectivity index (χ1n) is 20.9. The van der Waals surface area contributed by atoms with Crippen LogP contribution in [0.25, 0.3) is 39.4 Å². The van der Waals surface area contributed by atoms with Crippen LogP contribution in [0.2, 0.25) is 0 Å². The number of phenolic OH excluding ortho intramolecular Hbond substituents is 3. The third-order valence-electron chi connectivity index (χ3n) is 12.6. The minimum absolute atomic E-state index is 0.0360. The second kappa shape index (κ2) is 15.2. The molecule has 0 saturated carbocycles. The molecular formula is C46H47N7O9. The number of cyclic esters (lactones) is 1. The largest absolute Gasteiger partial charge is 0.508 e. The van der Waals surface area contributed by atoms with Gasteiger partial charge in [0.05, 0.1) is 40.3 Å². The first kappa shape index (κ1) is 40.5. The van der Waals surface area contributed by atoms with E-state index >= 15 is 0 Å². The van der Waals surface area contributed by atoms with Gasteiger partial charge in [-0.1, -0.05) is 39.8 Å². The molecule has 16 nitrogen and oxygen atoms in total. The van der Waals surface area contributed by atoms with E-state index in [2.05, 4.69) is 15.1 Å². The SMILES string of the molecule is CCc1c2c(nc3ccc(O)cc13)-c1c(C)c3c(c(=O)n1C2)COC(=O)C3(CC)OC(=O)N1CCN(Cc2ccc(-n3c(-c4cc(C(C)C)c(O)cc4O)n[nH]c3=O)cc2)CC1. The molecule has 0 aliphatic carbocycles. The van der Waals surface area contributed by atoms with Crippen LogP contribution < -0.4 is 11.2 Å². The third-order valence-corrected chi connectivity index (χ3v) is 12.6. The van der Waals surface area contributed by atoms with Gasteiger partial charge in [-0.05, 0) is 84.3 Å². The molecular weight excluding hydrogens is 795 g/mol. The van der Waals surface area contributed by atoms with Crippen LogP contribution in [0.1, 0.15) is 79.0 Å². The van der Waals surface area contributed by atoms with Crippen molar-refractivity contribution in [1.82, 2.24) is 34.1 Å². The topological polar surface area (TPSA) is 205 Å². The molecule has 6 heterocycles. The molecule has 16 heteroatoms. The van der Waals surface area contributed by atoms with E-state index in [1.54, 1.807) is 52.8 Å². The lowest BCUT2D eigenvalue weighted by atomic mass is 9.82. The van der Waals surface area contributed by atoms with Crippen molar-refractivity contribution in [3.63, 3.8) is 0 Å². The van der Waals surface area contributed by atoms with E-state index < -0.39 is 23.4 Å². The maximum atomic E-state index is 14.3. The number of aryl methyl sites for hydroxylation is 1. The molecule has 1 fully saturated rings. The lowest BCUT2D eigenvalue weighted by Crippen LogP contribution is -2.53. The Bertz CT molecular complexity index is 2940. The van der Waals surface area contributed by atoms with Gasteiger partial charge in [-0.3, -0.25) is 9.69 Å². The molecule has 0 bridgehead atoms. The zero-order valence-corrected chi connectivity index (χ0v) is 35.1. The number of fused-ring (bicyclic) bond motifs is 5. The summed E-state index contributed by atoms with van der Waals surface area (Å²) >= 11 is 0. The monoisotopic (exact) mass is 841 g/mol.